The maximum absolute atomic E-state index is 12.7. The highest BCUT2D eigenvalue weighted by Crippen LogP contribution is 2.43. The second kappa shape index (κ2) is 57.8. The van der Waals surface area contributed by atoms with Crippen LogP contribution in [0.5, 0.6) is 0 Å². The van der Waals surface area contributed by atoms with Crippen molar-refractivity contribution in [3.8, 4) is 0 Å². The van der Waals surface area contributed by atoms with Gasteiger partial charge in [0.25, 0.3) is 0 Å². The van der Waals surface area contributed by atoms with Gasteiger partial charge in [0.05, 0.1) is 13.2 Å². The molecule has 2 unspecified atom stereocenters. The van der Waals surface area contributed by atoms with Crippen LogP contribution in [-0.4, -0.2) is 49.3 Å². The van der Waals surface area contributed by atoms with Crippen molar-refractivity contribution in [1.29, 1.82) is 0 Å². The van der Waals surface area contributed by atoms with E-state index in [0.717, 1.165) is 32.1 Å². The van der Waals surface area contributed by atoms with Crippen LogP contribution in [0.25, 0.3) is 0 Å². The van der Waals surface area contributed by atoms with Gasteiger partial charge in [0.1, 0.15) is 6.61 Å². The van der Waals surface area contributed by atoms with Crippen molar-refractivity contribution in [3.63, 3.8) is 0 Å². The third-order valence-electron chi connectivity index (χ3n) is 13.8. The Morgan fingerprint density at radius 3 is 1.00 bits per heavy atom. The van der Waals surface area contributed by atoms with Gasteiger partial charge < -0.3 is 20.1 Å². The summed E-state index contributed by atoms with van der Waals surface area (Å²) in [5, 5.41) is 0. The average Bonchev–Trinajstić information content (AvgIpc) is 3.36. The maximum Gasteiger partial charge on any atom is 0.472 e. The minimum atomic E-state index is -4.39. The SMILES string of the molecule is CCCCCCCCCC/C=C\CCCCCCCCCCCCCCCC(=O)OCC(COP(=O)(O)OCCN)OC(=O)CCCCCCCCCCCCCCC/C=C\CCCCCCCCCC. The topological polar surface area (TPSA) is 134 Å². The average molecular weight is 1020 g/mol. The van der Waals surface area contributed by atoms with Crippen molar-refractivity contribution in [3.05, 3.63) is 24.3 Å². The number of phosphoric ester groups is 1. The number of nitrogens with two attached hydrogens (primary N) is 1. The Morgan fingerprint density at radius 2 is 0.690 bits per heavy atom. The van der Waals surface area contributed by atoms with Crippen LogP contribution in [0.3, 0.4) is 0 Å². The second-order valence-electron chi connectivity index (χ2n) is 20.9. The van der Waals surface area contributed by atoms with E-state index in [1.807, 2.05) is 0 Å². The molecule has 0 fully saturated rings. The van der Waals surface area contributed by atoms with Gasteiger partial charge in [0.2, 0.25) is 0 Å². The Hall–Kier alpha value is -1.51. The lowest BCUT2D eigenvalue weighted by atomic mass is 10.0. The lowest BCUT2D eigenvalue weighted by Crippen LogP contribution is -2.29. The summed E-state index contributed by atoms with van der Waals surface area (Å²) in [6.07, 6.45) is 68.1. The van der Waals surface area contributed by atoms with E-state index in [4.69, 9.17) is 24.3 Å². The van der Waals surface area contributed by atoms with E-state index in [1.54, 1.807) is 0 Å². The molecule has 9 nitrogen and oxygen atoms in total. The fourth-order valence-electron chi connectivity index (χ4n) is 9.22. The summed E-state index contributed by atoms with van der Waals surface area (Å²) in [5.74, 6) is -0.810. The Labute approximate surface area is 440 Å². The number of carbonyl (C=O) groups excluding carboxylic acids is 2. The van der Waals surface area contributed by atoms with Gasteiger partial charge in [0.15, 0.2) is 6.10 Å². The third kappa shape index (κ3) is 57.6. The molecule has 0 rings (SSSR count). The molecule has 0 aromatic heterocycles. The minimum absolute atomic E-state index is 0.0557. The zero-order valence-electron chi connectivity index (χ0n) is 47.0. The monoisotopic (exact) mass is 1020 g/mol. The molecular formula is C61H118NO8P. The maximum atomic E-state index is 12.7. The zero-order valence-corrected chi connectivity index (χ0v) is 47.9. The fourth-order valence-corrected chi connectivity index (χ4v) is 9.98. The first-order chi connectivity index (χ1) is 34.8. The van der Waals surface area contributed by atoms with Gasteiger partial charge in [-0.2, -0.15) is 0 Å². The molecule has 0 aliphatic carbocycles. The molecule has 0 heterocycles. The Kier molecular flexibility index (Phi) is 56.5. The van der Waals surface area contributed by atoms with Crippen LogP contribution < -0.4 is 5.73 Å². The molecule has 0 radical (unpaired) electrons. The molecule has 0 bridgehead atoms. The van der Waals surface area contributed by atoms with E-state index in [9.17, 15) is 19.0 Å². The Bertz CT molecular complexity index is 1210. The first-order valence-electron chi connectivity index (χ1n) is 30.8. The van der Waals surface area contributed by atoms with Crippen LogP contribution in [0.15, 0.2) is 24.3 Å². The molecular weight excluding hydrogens is 906 g/mol. The molecule has 0 amide bonds. The third-order valence-corrected chi connectivity index (χ3v) is 14.8. The van der Waals surface area contributed by atoms with Crippen molar-refractivity contribution in [1.82, 2.24) is 0 Å². The smallest absolute Gasteiger partial charge is 0.462 e. The first kappa shape index (κ1) is 69.5. The van der Waals surface area contributed by atoms with Crippen molar-refractivity contribution < 1.29 is 37.6 Å². The van der Waals surface area contributed by atoms with Gasteiger partial charge in [-0.15, -0.1) is 0 Å². The van der Waals surface area contributed by atoms with Crippen molar-refractivity contribution in [2.45, 2.75) is 328 Å². The summed E-state index contributed by atoms with van der Waals surface area (Å²) < 4.78 is 33.1. The largest absolute Gasteiger partial charge is 0.472 e. The molecule has 0 spiro atoms. The van der Waals surface area contributed by atoms with E-state index in [0.29, 0.717) is 6.42 Å². The van der Waals surface area contributed by atoms with Gasteiger partial charge in [-0.05, 0) is 64.2 Å². The van der Waals surface area contributed by atoms with Gasteiger partial charge in [-0.25, -0.2) is 4.57 Å². The predicted octanol–water partition coefficient (Wildman–Crippen LogP) is 19.4. The highest BCUT2D eigenvalue weighted by molar-refractivity contribution is 7.47. The lowest BCUT2D eigenvalue weighted by Gasteiger charge is -2.19. The van der Waals surface area contributed by atoms with Gasteiger partial charge in [-0.3, -0.25) is 18.6 Å². The quantitative estimate of drug-likeness (QED) is 0.0264. The van der Waals surface area contributed by atoms with Crippen molar-refractivity contribution in [2.24, 2.45) is 5.73 Å². The van der Waals surface area contributed by atoms with Crippen LogP contribution in [0.4, 0.5) is 0 Å². The van der Waals surface area contributed by atoms with Gasteiger partial charge in [-0.1, -0.05) is 269 Å². The van der Waals surface area contributed by atoms with Crippen LogP contribution >= 0.6 is 7.82 Å². The second-order valence-corrected chi connectivity index (χ2v) is 22.4. The van der Waals surface area contributed by atoms with E-state index in [1.165, 1.54) is 257 Å². The molecule has 0 aromatic rings. The molecule has 420 valence electrons. The first-order valence-corrected chi connectivity index (χ1v) is 32.3. The van der Waals surface area contributed by atoms with Crippen LogP contribution in [-0.2, 0) is 32.7 Å². The lowest BCUT2D eigenvalue weighted by molar-refractivity contribution is -0.161. The summed E-state index contributed by atoms with van der Waals surface area (Å²) in [6, 6.07) is 0. The van der Waals surface area contributed by atoms with E-state index in [-0.39, 0.29) is 38.6 Å². The number of allylic oxidation sites excluding steroid dienone is 4. The van der Waals surface area contributed by atoms with Crippen LogP contribution in [0, 0.1) is 0 Å². The Balaban J connectivity index is 3.91. The predicted molar refractivity (Wildman–Crippen MR) is 303 cm³/mol. The number of rotatable bonds is 59. The molecule has 0 aromatic carbocycles. The van der Waals surface area contributed by atoms with Gasteiger partial charge >= 0.3 is 19.8 Å². The minimum Gasteiger partial charge on any atom is -0.462 e. The highest BCUT2D eigenvalue weighted by atomic mass is 31.2. The van der Waals surface area contributed by atoms with E-state index in [2.05, 4.69) is 38.2 Å². The molecule has 10 heteroatoms. The summed E-state index contributed by atoms with van der Waals surface area (Å²) in [5.41, 5.74) is 5.39. The molecule has 71 heavy (non-hydrogen) atoms. The molecule has 3 N–H and O–H groups in total. The van der Waals surface area contributed by atoms with Gasteiger partial charge in [0, 0.05) is 19.4 Å². The normalized spacial score (nSPS) is 13.1. The number of ether oxygens (including phenoxy) is 2. The summed E-state index contributed by atoms with van der Waals surface area (Å²) >= 11 is 0. The van der Waals surface area contributed by atoms with Crippen LogP contribution in [0.1, 0.15) is 322 Å². The van der Waals surface area contributed by atoms with Crippen molar-refractivity contribution in [2.75, 3.05) is 26.4 Å². The molecule has 0 aliphatic heterocycles. The standard InChI is InChI=1S/C61H118NO8P/c1-3-5-7-9-11-13-15-17-19-21-23-25-27-29-31-33-35-37-39-41-43-45-47-49-51-53-60(63)67-57-59(58-69-71(65,66)68-56-55-62)70-61(64)54-52-50-48-46-44-42-40-38-36-34-32-30-28-26-24-22-20-18-16-14-12-10-8-6-4-2/h21-24,59H,3-20,25-58,62H2,1-2H3,(H,65,66)/b23-21-,24-22-. The number of carbonyl (C=O) groups is 2. The molecule has 0 saturated carbocycles. The summed E-state index contributed by atoms with van der Waals surface area (Å²) in [7, 11) is -4.39. The molecule has 0 saturated heterocycles. The van der Waals surface area contributed by atoms with E-state index < -0.39 is 26.5 Å². The molecule has 2 atom stereocenters. The molecule has 0 aliphatic rings. The Morgan fingerprint density at radius 1 is 0.408 bits per heavy atom. The number of esters is 2. The van der Waals surface area contributed by atoms with Crippen LogP contribution in [0.2, 0.25) is 0 Å². The summed E-state index contributed by atoms with van der Waals surface area (Å²) in [6.45, 7) is 3.80. The van der Waals surface area contributed by atoms with E-state index >= 15 is 0 Å². The summed E-state index contributed by atoms with van der Waals surface area (Å²) in [4.78, 5) is 35.2. The number of hydrogen-bond acceptors (Lipinski definition) is 8. The number of phosphoric acid groups is 1. The number of hydrogen-bond donors (Lipinski definition) is 2. The van der Waals surface area contributed by atoms with Crippen molar-refractivity contribution >= 4 is 19.8 Å². The number of unbranched alkanes of at least 4 members (excludes halogenated alkanes) is 42. The highest BCUT2D eigenvalue weighted by Gasteiger charge is 2.26. The zero-order chi connectivity index (χ0) is 51.7. The fraction of sp³-hybridized carbons (Fsp3) is 0.902.